The van der Waals surface area contributed by atoms with Crippen molar-refractivity contribution >= 4 is 60.5 Å². The van der Waals surface area contributed by atoms with Crippen LogP contribution in [0.1, 0.15) is 10.4 Å². The van der Waals surface area contributed by atoms with Crippen LogP contribution in [0.25, 0.3) is 0 Å². The normalized spacial score (nSPS) is 11.8. The molecular weight excluding hydrogens is 421 g/mol. The molecule has 114 valence electrons. The molecule has 0 spiro atoms. The van der Waals surface area contributed by atoms with E-state index in [1.54, 1.807) is 0 Å². The Hall–Kier alpha value is -0.150. The third kappa shape index (κ3) is 3.98. The maximum absolute atomic E-state index is 12.3. The molecule has 0 unspecified atom stereocenters. The molecule has 0 aliphatic heterocycles. The van der Waals surface area contributed by atoms with Gasteiger partial charge in [0, 0.05) is 22.0 Å². The number of hydrogen-bond donors (Lipinski definition) is 2. The van der Waals surface area contributed by atoms with E-state index in [1.807, 2.05) is 12.1 Å². The Bertz CT molecular complexity index is 762. The van der Waals surface area contributed by atoms with E-state index in [1.165, 1.54) is 23.5 Å². The zero-order chi connectivity index (χ0) is 15.6. The van der Waals surface area contributed by atoms with Crippen LogP contribution in [0, 0.1) is 0 Å². The minimum Gasteiger partial charge on any atom is -0.392 e. The highest BCUT2D eigenvalue weighted by Crippen LogP contribution is 2.31. The highest BCUT2D eigenvalue weighted by atomic mass is 79.9. The third-order valence-electron chi connectivity index (χ3n) is 2.66. The minimum atomic E-state index is -3.79. The topological polar surface area (TPSA) is 66.4 Å². The summed E-state index contributed by atoms with van der Waals surface area (Å²) in [6.07, 6.45) is 0. The van der Waals surface area contributed by atoms with Crippen molar-refractivity contribution in [3.63, 3.8) is 0 Å². The number of aliphatic hydroxyl groups excluding tert-OH is 1. The van der Waals surface area contributed by atoms with Crippen molar-refractivity contribution in [1.82, 2.24) is 4.72 Å². The van der Waals surface area contributed by atoms with Gasteiger partial charge in [-0.25, -0.2) is 13.1 Å². The molecule has 4 nitrogen and oxygen atoms in total. The van der Waals surface area contributed by atoms with E-state index in [4.69, 9.17) is 23.2 Å². The maximum atomic E-state index is 12.3. The Labute approximate surface area is 144 Å². The first-order chi connectivity index (χ1) is 9.85. The Kier molecular flexibility index (Phi) is 5.70. The fourth-order valence-electron chi connectivity index (χ4n) is 1.62. The summed E-state index contributed by atoms with van der Waals surface area (Å²) in [5.74, 6) is 0. The van der Waals surface area contributed by atoms with Crippen molar-refractivity contribution in [2.45, 2.75) is 18.0 Å². The first kappa shape index (κ1) is 17.2. The molecule has 21 heavy (non-hydrogen) atoms. The van der Waals surface area contributed by atoms with Crippen molar-refractivity contribution in [2.24, 2.45) is 0 Å². The van der Waals surface area contributed by atoms with Crippen LogP contribution in [0.5, 0.6) is 0 Å². The fraction of sp³-hybridized carbons (Fsp3) is 0.167. The molecule has 0 aliphatic rings. The molecule has 2 aromatic rings. The predicted octanol–water partition coefficient (Wildman–Crippen LogP) is 3.79. The summed E-state index contributed by atoms with van der Waals surface area (Å²) in [5, 5.41) is 9.37. The quantitative estimate of drug-likeness (QED) is 0.758. The van der Waals surface area contributed by atoms with Crippen LogP contribution in [-0.4, -0.2) is 13.5 Å². The molecule has 0 atom stereocenters. The molecule has 2 N–H and O–H groups in total. The zero-order valence-corrected chi connectivity index (χ0v) is 15.2. The van der Waals surface area contributed by atoms with Crippen LogP contribution >= 0.6 is 50.5 Å². The largest absolute Gasteiger partial charge is 0.392 e. The summed E-state index contributed by atoms with van der Waals surface area (Å²) in [4.78, 5) is 0.756. The second-order valence-electron chi connectivity index (χ2n) is 4.03. The molecule has 1 aromatic carbocycles. The molecule has 0 radical (unpaired) electrons. The standard InChI is InChI=1S/C12H10BrCl2NO3S2/c13-11-4-1-7(20-11)5-16-21(18,19)10-3-2-9(14)8(6-17)12(10)15/h1-4,16-17H,5-6H2. The molecule has 0 fully saturated rings. The van der Waals surface area contributed by atoms with E-state index in [9.17, 15) is 13.5 Å². The molecule has 0 amide bonds. The first-order valence-corrected chi connectivity index (χ1v) is 9.51. The Morgan fingerprint density at radius 3 is 2.52 bits per heavy atom. The molecule has 0 saturated heterocycles. The second-order valence-corrected chi connectivity index (χ2v) is 9.09. The lowest BCUT2D eigenvalue weighted by Crippen LogP contribution is -2.23. The van der Waals surface area contributed by atoms with Gasteiger partial charge < -0.3 is 5.11 Å². The van der Waals surface area contributed by atoms with Crippen LogP contribution < -0.4 is 4.72 Å². The van der Waals surface area contributed by atoms with Gasteiger partial charge in [0.15, 0.2) is 0 Å². The van der Waals surface area contributed by atoms with Crippen LogP contribution in [0.15, 0.2) is 32.9 Å². The SMILES string of the molecule is O=S(=O)(NCc1ccc(Br)s1)c1ccc(Cl)c(CO)c1Cl. The van der Waals surface area contributed by atoms with Gasteiger partial charge >= 0.3 is 0 Å². The van der Waals surface area contributed by atoms with Gasteiger partial charge in [-0.2, -0.15) is 0 Å². The minimum absolute atomic E-state index is 0.0649. The number of rotatable bonds is 5. The molecule has 9 heteroatoms. The molecular formula is C12H10BrCl2NO3S2. The van der Waals surface area contributed by atoms with E-state index in [0.29, 0.717) is 0 Å². The molecule has 0 bridgehead atoms. The van der Waals surface area contributed by atoms with E-state index in [2.05, 4.69) is 20.7 Å². The van der Waals surface area contributed by atoms with Crippen molar-refractivity contribution in [3.05, 3.63) is 48.5 Å². The third-order valence-corrected chi connectivity index (χ3v) is 6.63. The van der Waals surface area contributed by atoms with E-state index >= 15 is 0 Å². The van der Waals surface area contributed by atoms with Gasteiger partial charge in [0.05, 0.1) is 15.4 Å². The number of nitrogens with one attached hydrogen (secondary N) is 1. The highest BCUT2D eigenvalue weighted by molar-refractivity contribution is 9.11. The lowest BCUT2D eigenvalue weighted by atomic mass is 10.2. The predicted molar refractivity (Wildman–Crippen MR) is 88.4 cm³/mol. The molecule has 2 rings (SSSR count). The summed E-state index contributed by atoms with van der Waals surface area (Å²) in [5.41, 5.74) is 0.195. The van der Waals surface area contributed by atoms with Gasteiger partial charge in [-0.3, -0.25) is 0 Å². The van der Waals surface area contributed by atoms with Crippen LogP contribution in [0.4, 0.5) is 0 Å². The van der Waals surface area contributed by atoms with Gasteiger partial charge in [0.1, 0.15) is 4.90 Å². The van der Waals surface area contributed by atoms with Gasteiger partial charge in [0.2, 0.25) is 10.0 Å². The van der Waals surface area contributed by atoms with Crippen molar-refractivity contribution in [2.75, 3.05) is 0 Å². The Balaban J connectivity index is 2.27. The van der Waals surface area contributed by atoms with Crippen molar-refractivity contribution in [3.8, 4) is 0 Å². The van der Waals surface area contributed by atoms with Gasteiger partial charge in [-0.05, 0) is 40.2 Å². The smallest absolute Gasteiger partial charge is 0.242 e. The summed E-state index contributed by atoms with van der Waals surface area (Å²) < 4.78 is 28.0. The summed E-state index contributed by atoms with van der Waals surface area (Å²) in [6, 6.07) is 6.37. The molecule has 0 aliphatic carbocycles. The molecule has 1 heterocycles. The lowest BCUT2D eigenvalue weighted by Gasteiger charge is -2.11. The summed E-state index contributed by atoms with van der Waals surface area (Å²) >= 11 is 16.6. The monoisotopic (exact) mass is 429 g/mol. The van der Waals surface area contributed by atoms with Crippen molar-refractivity contribution in [1.29, 1.82) is 0 Å². The average molecular weight is 431 g/mol. The summed E-state index contributed by atoms with van der Waals surface area (Å²) in [7, 11) is -3.79. The number of sulfonamides is 1. The van der Waals surface area contributed by atoms with E-state index < -0.39 is 16.6 Å². The number of hydrogen-bond acceptors (Lipinski definition) is 4. The van der Waals surface area contributed by atoms with E-state index in [-0.39, 0.29) is 27.0 Å². The molecule has 1 aromatic heterocycles. The first-order valence-electron chi connectivity index (χ1n) is 5.67. The average Bonchev–Trinajstić information content (AvgIpc) is 2.83. The van der Waals surface area contributed by atoms with Crippen LogP contribution in [0.2, 0.25) is 10.0 Å². The number of thiophene rings is 1. The molecule has 0 saturated carbocycles. The number of halogens is 3. The van der Waals surface area contributed by atoms with Gasteiger partial charge in [-0.15, -0.1) is 11.3 Å². The zero-order valence-electron chi connectivity index (χ0n) is 10.4. The van der Waals surface area contributed by atoms with Crippen LogP contribution in [-0.2, 0) is 23.2 Å². The Morgan fingerprint density at radius 2 is 1.95 bits per heavy atom. The van der Waals surface area contributed by atoms with Crippen LogP contribution in [0.3, 0.4) is 0 Å². The number of benzene rings is 1. The number of aliphatic hydroxyl groups is 1. The maximum Gasteiger partial charge on any atom is 0.242 e. The van der Waals surface area contributed by atoms with Gasteiger partial charge in [-0.1, -0.05) is 23.2 Å². The van der Waals surface area contributed by atoms with E-state index in [0.717, 1.165) is 8.66 Å². The Morgan fingerprint density at radius 1 is 1.24 bits per heavy atom. The van der Waals surface area contributed by atoms with Crippen molar-refractivity contribution < 1.29 is 13.5 Å². The highest BCUT2D eigenvalue weighted by Gasteiger charge is 2.21. The second kappa shape index (κ2) is 6.95. The summed E-state index contributed by atoms with van der Waals surface area (Å²) in [6.45, 7) is -0.273. The lowest BCUT2D eigenvalue weighted by molar-refractivity contribution is 0.281. The van der Waals surface area contributed by atoms with Gasteiger partial charge in [0.25, 0.3) is 0 Å². The fourth-order valence-corrected chi connectivity index (χ4v) is 5.04.